The predicted octanol–water partition coefficient (Wildman–Crippen LogP) is 2.56. The van der Waals surface area contributed by atoms with Gasteiger partial charge in [0.25, 0.3) is 0 Å². The van der Waals surface area contributed by atoms with Gasteiger partial charge in [-0.2, -0.15) is 0 Å². The molecule has 8 heteroatoms. The fourth-order valence-corrected chi connectivity index (χ4v) is 3.17. The van der Waals surface area contributed by atoms with Crippen LogP contribution >= 0.6 is 0 Å². The van der Waals surface area contributed by atoms with Gasteiger partial charge in [-0.05, 0) is 32.4 Å². The number of alkyl halides is 3. The largest absolute Gasteiger partial charge is 0.573 e. The number of ether oxygens (including phenoxy) is 1. The molecule has 1 aromatic rings. The van der Waals surface area contributed by atoms with Gasteiger partial charge in [-0.15, -0.1) is 13.2 Å². The third-order valence-corrected chi connectivity index (χ3v) is 4.32. The van der Waals surface area contributed by atoms with Crippen molar-refractivity contribution in [2.24, 2.45) is 5.41 Å². The van der Waals surface area contributed by atoms with Gasteiger partial charge in [0.2, 0.25) is 11.8 Å². The molecule has 0 aliphatic carbocycles. The van der Waals surface area contributed by atoms with Crippen LogP contribution in [0.1, 0.15) is 20.3 Å². The van der Waals surface area contributed by atoms with E-state index < -0.39 is 17.8 Å². The van der Waals surface area contributed by atoms with E-state index in [1.54, 1.807) is 11.0 Å². The lowest BCUT2D eigenvalue weighted by Crippen LogP contribution is -2.63. The van der Waals surface area contributed by atoms with E-state index in [0.717, 1.165) is 0 Å². The molecule has 2 saturated heterocycles. The van der Waals surface area contributed by atoms with Crippen LogP contribution in [-0.2, 0) is 9.59 Å². The number of carbonyl (C=O) groups excluding carboxylic acids is 2. The van der Waals surface area contributed by atoms with E-state index >= 15 is 0 Å². The number of β-lactam (4-membered cyclic amide) rings is 1. The SMILES string of the molecule is CC1(C)CN(C2CCN(c3cccc(OC(F)(F)F)c3)C2=O)C1=O. The third kappa shape index (κ3) is 2.92. The number of hydrogen-bond acceptors (Lipinski definition) is 3. The van der Waals surface area contributed by atoms with Crippen molar-refractivity contribution in [3.05, 3.63) is 24.3 Å². The van der Waals surface area contributed by atoms with E-state index in [-0.39, 0.29) is 17.6 Å². The average molecular weight is 342 g/mol. The van der Waals surface area contributed by atoms with E-state index in [2.05, 4.69) is 4.74 Å². The van der Waals surface area contributed by atoms with E-state index in [1.165, 1.54) is 23.1 Å². The van der Waals surface area contributed by atoms with Crippen LogP contribution in [0.25, 0.3) is 0 Å². The summed E-state index contributed by atoms with van der Waals surface area (Å²) in [7, 11) is 0. The van der Waals surface area contributed by atoms with Crippen molar-refractivity contribution in [2.45, 2.75) is 32.7 Å². The molecule has 2 amide bonds. The Kier molecular flexibility index (Phi) is 3.73. The zero-order valence-electron chi connectivity index (χ0n) is 13.3. The van der Waals surface area contributed by atoms with Gasteiger partial charge in [0.1, 0.15) is 11.8 Å². The lowest BCUT2D eigenvalue weighted by Gasteiger charge is -2.47. The molecule has 0 saturated carbocycles. The lowest BCUT2D eigenvalue weighted by molar-refractivity contribution is -0.274. The molecule has 1 unspecified atom stereocenters. The van der Waals surface area contributed by atoms with Gasteiger partial charge in [-0.1, -0.05) is 6.07 Å². The van der Waals surface area contributed by atoms with Crippen molar-refractivity contribution in [2.75, 3.05) is 18.0 Å². The molecule has 5 nitrogen and oxygen atoms in total. The monoisotopic (exact) mass is 342 g/mol. The highest BCUT2D eigenvalue weighted by atomic mass is 19.4. The second-order valence-corrected chi connectivity index (χ2v) is 6.66. The number of amides is 2. The second-order valence-electron chi connectivity index (χ2n) is 6.66. The molecule has 0 N–H and O–H groups in total. The number of anilines is 1. The minimum absolute atomic E-state index is 0.0724. The fourth-order valence-electron chi connectivity index (χ4n) is 3.17. The zero-order valence-corrected chi connectivity index (χ0v) is 13.3. The van der Waals surface area contributed by atoms with Crippen molar-refractivity contribution in [3.8, 4) is 5.75 Å². The first-order valence-electron chi connectivity index (χ1n) is 7.57. The minimum Gasteiger partial charge on any atom is -0.406 e. The van der Waals surface area contributed by atoms with Gasteiger partial charge in [0.15, 0.2) is 0 Å². The summed E-state index contributed by atoms with van der Waals surface area (Å²) in [6.45, 7) is 4.50. The molecule has 0 bridgehead atoms. The molecular weight excluding hydrogens is 325 g/mol. The smallest absolute Gasteiger partial charge is 0.406 e. The highest BCUT2D eigenvalue weighted by Crippen LogP contribution is 2.37. The van der Waals surface area contributed by atoms with Crippen molar-refractivity contribution < 1.29 is 27.5 Å². The summed E-state index contributed by atoms with van der Waals surface area (Å²) in [6, 6.07) is 4.75. The minimum atomic E-state index is -4.79. The summed E-state index contributed by atoms with van der Waals surface area (Å²) in [4.78, 5) is 27.6. The molecule has 24 heavy (non-hydrogen) atoms. The Bertz CT molecular complexity index is 687. The second kappa shape index (κ2) is 5.39. The molecule has 1 atom stereocenters. The standard InChI is InChI=1S/C16H17F3N2O3/c1-15(2)9-21(14(15)23)12-6-7-20(13(12)22)10-4-3-5-11(8-10)24-16(17,18)19/h3-5,8,12H,6-7,9H2,1-2H3. The number of benzene rings is 1. The van der Waals surface area contributed by atoms with Gasteiger partial charge in [-0.3, -0.25) is 9.59 Å². The van der Waals surface area contributed by atoms with Crippen molar-refractivity contribution in [1.82, 2.24) is 4.90 Å². The number of halogens is 3. The number of likely N-dealkylation sites (tertiary alicyclic amines) is 1. The number of hydrogen-bond donors (Lipinski definition) is 0. The van der Waals surface area contributed by atoms with Crippen LogP contribution in [0.4, 0.5) is 18.9 Å². The highest BCUT2D eigenvalue weighted by Gasteiger charge is 2.51. The molecular formula is C16H17F3N2O3. The van der Waals surface area contributed by atoms with Crippen LogP contribution in [0.2, 0.25) is 0 Å². The fraction of sp³-hybridized carbons (Fsp3) is 0.500. The maximum absolute atomic E-state index is 12.6. The van der Waals surface area contributed by atoms with Gasteiger partial charge in [-0.25, -0.2) is 0 Å². The topological polar surface area (TPSA) is 49.9 Å². The maximum atomic E-state index is 12.6. The Morgan fingerprint density at radius 2 is 1.96 bits per heavy atom. The number of rotatable bonds is 3. The van der Waals surface area contributed by atoms with Crippen LogP contribution in [0.3, 0.4) is 0 Å². The predicted molar refractivity (Wildman–Crippen MR) is 79.4 cm³/mol. The first kappa shape index (κ1) is 16.6. The van der Waals surface area contributed by atoms with Crippen LogP contribution in [0, 0.1) is 5.41 Å². The maximum Gasteiger partial charge on any atom is 0.573 e. The molecule has 2 heterocycles. The molecule has 2 aliphatic heterocycles. The normalized spacial score (nSPS) is 23.5. The number of carbonyl (C=O) groups is 2. The van der Waals surface area contributed by atoms with Crippen LogP contribution in [0.15, 0.2) is 24.3 Å². The van der Waals surface area contributed by atoms with Crippen LogP contribution in [0.5, 0.6) is 5.75 Å². The van der Waals surface area contributed by atoms with Gasteiger partial charge < -0.3 is 14.5 Å². The Balaban J connectivity index is 1.74. The highest BCUT2D eigenvalue weighted by molar-refractivity contribution is 6.03. The zero-order chi connectivity index (χ0) is 17.7. The first-order valence-corrected chi connectivity index (χ1v) is 7.57. The summed E-state index contributed by atoms with van der Waals surface area (Å²) in [5.74, 6) is -0.725. The molecule has 0 radical (unpaired) electrons. The first-order chi connectivity index (χ1) is 11.1. The Hall–Kier alpha value is -2.25. The molecule has 0 aromatic heterocycles. The third-order valence-electron chi connectivity index (χ3n) is 4.32. The number of nitrogens with zero attached hydrogens (tertiary/aromatic N) is 2. The van der Waals surface area contributed by atoms with E-state index in [0.29, 0.717) is 25.2 Å². The molecule has 2 fully saturated rings. The molecule has 1 aromatic carbocycles. The van der Waals surface area contributed by atoms with Gasteiger partial charge in [0, 0.05) is 24.8 Å². The Morgan fingerprint density at radius 3 is 2.54 bits per heavy atom. The van der Waals surface area contributed by atoms with Crippen molar-refractivity contribution >= 4 is 17.5 Å². The van der Waals surface area contributed by atoms with E-state index in [9.17, 15) is 22.8 Å². The molecule has 2 aliphatic rings. The summed E-state index contributed by atoms with van der Waals surface area (Å²) < 4.78 is 40.8. The van der Waals surface area contributed by atoms with E-state index in [4.69, 9.17) is 0 Å². The molecule has 3 rings (SSSR count). The summed E-state index contributed by atoms with van der Waals surface area (Å²) in [5, 5.41) is 0. The average Bonchev–Trinajstić information content (AvgIpc) is 2.84. The van der Waals surface area contributed by atoms with Crippen LogP contribution < -0.4 is 9.64 Å². The van der Waals surface area contributed by atoms with Crippen LogP contribution in [-0.4, -0.2) is 42.2 Å². The summed E-state index contributed by atoms with van der Waals surface area (Å²) >= 11 is 0. The van der Waals surface area contributed by atoms with Gasteiger partial charge in [0.05, 0.1) is 5.41 Å². The van der Waals surface area contributed by atoms with Crippen molar-refractivity contribution in [1.29, 1.82) is 0 Å². The summed E-state index contributed by atoms with van der Waals surface area (Å²) in [5.41, 5.74) is -0.120. The lowest BCUT2D eigenvalue weighted by atomic mass is 9.81. The Labute approximate surface area is 137 Å². The quantitative estimate of drug-likeness (QED) is 0.794. The van der Waals surface area contributed by atoms with Gasteiger partial charge >= 0.3 is 6.36 Å². The van der Waals surface area contributed by atoms with Crippen molar-refractivity contribution in [3.63, 3.8) is 0 Å². The molecule has 130 valence electrons. The molecule has 0 spiro atoms. The summed E-state index contributed by atoms with van der Waals surface area (Å²) in [6.07, 6.45) is -4.32. The Morgan fingerprint density at radius 1 is 1.25 bits per heavy atom. The van der Waals surface area contributed by atoms with E-state index in [1.807, 2.05) is 13.8 Å².